The molecule has 1 fully saturated rings. The van der Waals surface area contributed by atoms with Crippen molar-refractivity contribution in [2.45, 2.75) is 49.6 Å². The van der Waals surface area contributed by atoms with Gasteiger partial charge in [0, 0.05) is 29.6 Å². The normalized spacial score (nSPS) is 14.5. The highest BCUT2D eigenvalue weighted by Crippen LogP contribution is 2.38. The van der Waals surface area contributed by atoms with Crippen LogP contribution in [-0.2, 0) is 5.75 Å². The summed E-state index contributed by atoms with van der Waals surface area (Å²) in [6.45, 7) is 1.96. The molecule has 0 unspecified atom stereocenters. The van der Waals surface area contributed by atoms with Crippen molar-refractivity contribution in [3.63, 3.8) is 0 Å². The van der Waals surface area contributed by atoms with Gasteiger partial charge in [-0.15, -0.1) is 10.2 Å². The molecule has 158 valence electrons. The van der Waals surface area contributed by atoms with E-state index in [1.165, 1.54) is 12.8 Å². The maximum atomic E-state index is 12.5. The largest absolute Gasteiger partial charge is 0.299 e. The zero-order valence-corrected chi connectivity index (χ0v) is 18.7. The molecule has 1 saturated carbocycles. The number of benzene rings is 1. The van der Waals surface area contributed by atoms with Crippen molar-refractivity contribution in [2.24, 2.45) is 0 Å². The van der Waals surface area contributed by atoms with E-state index in [0.717, 1.165) is 40.6 Å². The molecule has 0 N–H and O–H groups in total. The van der Waals surface area contributed by atoms with Gasteiger partial charge >= 0.3 is 0 Å². The summed E-state index contributed by atoms with van der Waals surface area (Å²) in [6, 6.07) is 13.5. The van der Waals surface area contributed by atoms with Crippen molar-refractivity contribution in [1.29, 1.82) is 0 Å². The van der Waals surface area contributed by atoms with E-state index in [0.29, 0.717) is 22.5 Å². The van der Waals surface area contributed by atoms with Crippen LogP contribution in [0.2, 0.25) is 5.02 Å². The highest BCUT2D eigenvalue weighted by Gasteiger charge is 2.25. The molecule has 0 bridgehead atoms. The van der Waals surface area contributed by atoms with Crippen LogP contribution in [0.3, 0.4) is 0 Å². The molecular weight excluding hydrogens is 430 g/mol. The summed E-state index contributed by atoms with van der Waals surface area (Å²) in [5.74, 6) is 1.36. The predicted octanol–water partition coefficient (Wildman–Crippen LogP) is 5.32. The molecule has 0 atom stereocenters. The number of aryl methyl sites for hydroxylation is 1. The second kappa shape index (κ2) is 8.48. The lowest BCUT2D eigenvalue weighted by Crippen LogP contribution is -2.16. The fraction of sp³-hybridized carbons (Fsp3) is 0.304. The molecule has 0 saturated heterocycles. The Morgan fingerprint density at radius 2 is 1.94 bits per heavy atom. The SMILES string of the molecule is Cc1cccn2c(=O)cc(CSc3nnc(-c4ccccc4Cl)n3C3CCCC3)nc12. The van der Waals surface area contributed by atoms with Crippen LogP contribution in [0.4, 0.5) is 0 Å². The van der Waals surface area contributed by atoms with E-state index in [1.54, 1.807) is 28.4 Å². The minimum Gasteiger partial charge on any atom is -0.299 e. The van der Waals surface area contributed by atoms with Crippen molar-refractivity contribution in [3.05, 3.63) is 75.3 Å². The highest BCUT2D eigenvalue weighted by molar-refractivity contribution is 7.98. The lowest BCUT2D eigenvalue weighted by molar-refractivity contribution is 0.485. The third-order valence-electron chi connectivity index (χ3n) is 5.76. The number of pyridine rings is 1. The van der Waals surface area contributed by atoms with E-state index in [-0.39, 0.29) is 5.56 Å². The Morgan fingerprint density at radius 3 is 2.74 bits per heavy atom. The summed E-state index contributed by atoms with van der Waals surface area (Å²) in [4.78, 5) is 17.3. The number of thioether (sulfide) groups is 1. The van der Waals surface area contributed by atoms with Gasteiger partial charge in [0.15, 0.2) is 11.0 Å². The van der Waals surface area contributed by atoms with Crippen LogP contribution in [-0.4, -0.2) is 24.1 Å². The maximum absolute atomic E-state index is 12.5. The molecule has 3 aromatic heterocycles. The number of hydrogen-bond donors (Lipinski definition) is 0. The van der Waals surface area contributed by atoms with E-state index in [9.17, 15) is 4.79 Å². The van der Waals surface area contributed by atoms with E-state index >= 15 is 0 Å². The monoisotopic (exact) mass is 451 g/mol. The van der Waals surface area contributed by atoms with Crippen LogP contribution in [0.1, 0.15) is 43.0 Å². The molecule has 5 rings (SSSR count). The van der Waals surface area contributed by atoms with Crippen molar-refractivity contribution < 1.29 is 0 Å². The van der Waals surface area contributed by atoms with E-state index in [1.807, 2.05) is 43.3 Å². The second-order valence-electron chi connectivity index (χ2n) is 7.85. The molecule has 8 heteroatoms. The number of hydrogen-bond acceptors (Lipinski definition) is 5. The first kappa shape index (κ1) is 20.3. The summed E-state index contributed by atoms with van der Waals surface area (Å²) in [5, 5.41) is 10.5. The first-order chi connectivity index (χ1) is 15.1. The zero-order valence-electron chi connectivity index (χ0n) is 17.2. The van der Waals surface area contributed by atoms with Gasteiger partial charge in [-0.2, -0.15) is 0 Å². The molecule has 0 spiro atoms. The lowest BCUT2D eigenvalue weighted by atomic mass is 10.2. The first-order valence-electron chi connectivity index (χ1n) is 10.4. The smallest absolute Gasteiger partial charge is 0.258 e. The summed E-state index contributed by atoms with van der Waals surface area (Å²) in [7, 11) is 0. The summed E-state index contributed by atoms with van der Waals surface area (Å²) < 4.78 is 3.82. The number of rotatable bonds is 5. The van der Waals surface area contributed by atoms with E-state index < -0.39 is 0 Å². The van der Waals surface area contributed by atoms with E-state index in [4.69, 9.17) is 16.6 Å². The molecule has 1 aromatic carbocycles. The Morgan fingerprint density at radius 1 is 1.13 bits per heavy atom. The Kier molecular flexibility index (Phi) is 5.54. The molecule has 31 heavy (non-hydrogen) atoms. The van der Waals surface area contributed by atoms with Gasteiger partial charge in [-0.05, 0) is 43.5 Å². The number of aromatic nitrogens is 5. The van der Waals surface area contributed by atoms with Crippen molar-refractivity contribution in [2.75, 3.05) is 0 Å². The Hall–Kier alpha value is -2.64. The fourth-order valence-corrected chi connectivity index (χ4v) is 5.33. The molecule has 1 aliphatic rings. The van der Waals surface area contributed by atoms with Crippen molar-refractivity contribution >= 4 is 29.0 Å². The average Bonchev–Trinajstić information content (AvgIpc) is 3.43. The van der Waals surface area contributed by atoms with Gasteiger partial charge in [0.2, 0.25) is 0 Å². The van der Waals surface area contributed by atoms with Crippen molar-refractivity contribution in [1.82, 2.24) is 24.1 Å². The minimum atomic E-state index is -0.0710. The number of nitrogens with zero attached hydrogens (tertiary/aromatic N) is 5. The molecule has 0 radical (unpaired) electrons. The highest BCUT2D eigenvalue weighted by atomic mass is 35.5. The molecular formula is C23H22ClN5OS. The second-order valence-corrected chi connectivity index (χ2v) is 9.20. The summed E-state index contributed by atoms with van der Waals surface area (Å²) >= 11 is 8.04. The molecule has 1 aliphatic carbocycles. The summed E-state index contributed by atoms with van der Waals surface area (Å²) in [5.41, 5.74) is 3.23. The summed E-state index contributed by atoms with van der Waals surface area (Å²) in [6.07, 6.45) is 6.38. The molecule has 3 heterocycles. The average molecular weight is 452 g/mol. The van der Waals surface area contributed by atoms with Crippen LogP contribution < -0.4 is 5.56 Å². The topological polar surface area (TPSA) is 65.1 Å². The quantitative estimate of drug-likeness (QED) is 0.384. The van der Waals surface area contributed by atoms with Crippen LogP contribution >= 0.6 is 23.4 Å². The first-order valence-corrected chi connectivity index (χ1v) is 11.8. The molecule has 6 nitrogen and oxygen atoms in total. The maximum Gasteiger partial charge on any atom is 0.258 e. The van der Waals surface area contributed by atoms with Crippen LogP contribution in [0.25, 0.3) is 17.0 Å². The molecule has 4 aromatic rings. The third-order valence-corrected chi connectivity index (χ3v) is 7.06. The standard InChI is InChI=1S/C23H22ClN5OS/c1-15-7-6-12-28-20(30)13-16(25-21(15)28)14-31-23-27-26-22(18-10-4-5-11-19(18)24)29(23)17-8-2-3-9-17/h4-7,10-13,17H,2-3,8-9,14H2,1H3. The Balaban J connectivity index is 1.50. The fourth-order valence-electron chi connectivity index (χ4n) is 4.21. The number of halogens is 1. The van der Waals surface area contributed by atoms with Gasteiger partial charge in [-0.25, -0.2) is 4.98 Å². The zero-order chi connectivity index (χ0) is 21.4. The van der Waals surface area contributed by atoms with Gasteiger partial charge in [0.05, 0.1) is 10.7 Å². The van der Waals surface area contributed by atoms with Gasteiger partial charge in [-0.3, -0.25) is 13.8 Å². The van der Waals surface area contributed by atoms with Crippen LogP contribution in [0.15, 0.2) is 58.6 Å². The predicted molar refractivity (Wildman–Crippen MR) is 124 cm³/mol. The minimum absolute atomic E-state index is 0.0710. The molecule has 0 amide bonds. The van der Waals surface area contributed by atoms with Crippen molar-refractivity contribution in [3.8, 4) is 11.4 Å². The van der Waals surface area contributed by atoms with Crippen LogP contribution in [0.5, 0.6) is 0 Å². The van der Waals surface area contributed by atoms with Gasteiger partial charge in [0.25, 0.3) is 5.56 Å². The Labute approximate surface area is 189 Å². The van der Waals surface area contributed by atoms with E-state index in [2.05, 4.69) is 14.8 Å². The van der Waals surface area contributed by atoms with Gasteiger partial charge in [-0.1, -0.05) is 54.4 Å². The third kappa shape index (κ3) is 3.88. The number of fused-ring (bicyclic) bond motifs is 1. The Bertz CT molecular complexity index is 1310. The lowest BCUT2D eigenvalue weighted by Gasteiger charge is -2.17. The van der Waals surface area contributed by atoms with Crippen LogP contribution in [0, 0.1) is 6.92 Å². The van der Waals surface area contributed by atoms with Gasteiger partial charge in [0.1, 0.15) is 5.65 Å². The molecule has 0 aliphatic heterocycles. The van der Waals surface area contributed by atoms with Gasteiger partial charge < -0.3 is 0 Å².